The van der Waals surface area contributed by atoms with Crippen LogP contribution in [0.3, 0.4) is 0 Å². The molecule has 1 fully saturated rings. The minimum absolute atomic E-state index is 0.0108. The van der Waals surface area contributed by atoms with Gasteiger partial charge in [-0.15, -0.1) is 5.10 Å². The number of amides is 1. The predicted molar refractivity (Wildman–Crippen MR) is 84.4 cm³/mol. The van der Waals surface area contributed by atoms with Crippen LogP contribution in [-0.4, -0.2) is 48.2 Å². The third-order valence-electron chi connectivity index (χ3n) is 3.95. The van der Waals surface area contributed by atoms with Crippen molar-refractivity contribution in [2.45, 2.75) is 39.0 Å². The molecule has 0 radical (unpaired) electrons. The van der Waals surface area contributed by atoms with Gasteiger partial charge in [-0.3, -0.25) is 4.79 Å². The van der Waals surface area contributed by atoms with E-state index in [2.05, 4.69) is 35.9 Å². The lowest BCUT2D eigenvalue weighted by atomic mass is 9.92. The average Bonchev–Trinajstić information content (AvgIpc) is 2.46. The zero-order valence-electron chi connectivity index (χ0n) is 13.8. The van der Waals surface area contributed by atoms with E-state index in [1.807, 2.05) is 26.2 Å². The third-order valence-corrected chi connectivity index (χ3v) is 3.95. The van der Waals surface area contributed by atoms with Crippen molar-refractivity contribution in [2.24, 2.45) is 5.92 Å². The van der Waals surface area contributed by atoms with Crippen LogP contribution in [0, 0.1) is 5.92 Å². The Morgan fingerprint density at radius 1 is 1.29 bits per heavy atom. The highest BCUT2D eigenvalue weighted by molar-refractivity contribution is 5.79. The van der Waals surface area contributed by atoms with Crippen LogP contribution in [0.4, 0.5) is 5.82 Å². The molecule has 2 heterocycles. The molecule has 1 atom stereocenters. The summed E-state index contributed by atoms with van der Waals surface area (Å²) < 4.78 is 0. The van der Waals surface area contributed by atoms with E-state index in [4.69, 9.17) is 0 Å². The first-order chi connectivity index (χ1) is 9.79. The quantitative estimate of drug-likeness (QED) is 0.837. The molecule has 116 valence electrons. The molecule has 5 nitrogen and oxygen atoms in total. The standard InChI is InChI=1S/C16H26N4O/c1-16(2,3)13-8-9-14(18-17-13)20-10-6-7-12(11-20)15(21)19(4)5/h8-9,12H,6-7,10-11H2,1-5H3. The number of aromatic nitrogens is 2. The van der Waals surface area contributed by atoms with Gasteiger partial charge in [0.25, 0.3) is 0 Å². The first-order valence-electron chi connectivity index (χ1n) is 7.59. The minimum atomic E-state index is 0.0108. The molecule has 0 saturated carbocycles. The molecule has 0 aliphatic carbocycles. The fraction of sp³-hybridized carbons (Fsp3) is 0.688. The molecule has 1 unspecified atom stereocenters. The highest BCUT2D eigenvalue weighted by Crippen LogP contribution is 2.24. The number of carbonyl (C=O) groups is 1. The van der Waals surface area contributed by atoms with E-state index in [9.17, 15) is 4.79 Å². The van der Waals surface area contributed by atoms with E-state index < -0.39 is 0 Å². The van der Waals surface area contributed by atoms with Crippen molar-refractivity contribution in [3.05, 3.63) is 17.8 Å². The molecule has 1 aliphatic rings. The molecule has 1 aliphatic heterocycles. The number of rotatable bonds is 2. The summed E-state index contributed by atoms with van der Waals surface area (Å²) in [5.74, 6) is 1.15. The molecular formula is C16H26N4O. The second-order valence-corrected chi connectivity index (χ2v) is 7.04. The zero-order chi connectivity index (χ0) is 15.6. The number of carbonyl (C=O) groups excluding carboxylic acids is 1. The maximum absolute atomic E-state index is 12.1. The Kier molecular flexibility index (Phi) is 4.49. The Bertz CT molecular complexity index is 490. The summed E-state index contributed by atoms with van der Waals surface area (Å²) in [6.45, 7) is 8.07. The van der Waals surface area contributed by atoms with Crippen molar-refractivity contribution < 1.29 is 4.79 Å². The summed E-state index contributed by atoms with van der Waals surface area (Å²) in [4.78, 5) is 16.0. The van der Waals surface area contributed by atoms with Gasteiger partial charge in [0.15, 0.2) is 5.82 Å². The Balaban J connectivity index is 2.09. The van der Waals surface area contributed by atoms with Gasteiger partial charge in [-0.25, -0.2) is 0 Å². The van der Waals surface area contributed by atoms with Crippen molar-refractivity contribution in [3.8, 4) is 0 Å². The van der Waals surface area contributed by atoms with Gasteiger partial charge in [0.05, 0.1) is 11.6 Å². The summed E-state index contributed by atoms with van der Waals surface area (Å²) >= 11 is 0. The third kappa shape index (κ3) is 3.71. The lowest BCUT2D eigenvalue weighted by Gasteiger charge is -2.33. The second-order valence-electron chi connectivity index (χ2n) is 7.04. The fourth-order valence-electron chi connectivity index (χ4n) is 2.65. The second kappa shape index (κ2) is 6.00. The Morgan fingerprint density at radius 3 is 2.52 bits per heavy atom. The molecule has 0 aromatic carbocycles. The molecule has 1 saturated heterocycles. The van der Waals surface area contributed by atoms with Crippen LogP contribution in [0.25, 0.3) is 0 Å². The van der Waals surface area contributed by atoms with E-state index in [1.165, 1.54) is 0 Å². The van der Waals surface area contributed by atoms with E-state index >= 15 is 0 Å². The number of hydrogen-bond donors (Lipinski definition) is 0. The van der Waals surface area contributed by atoms with E-state index in [-0.39, 0.29) is 17.2 Å². The van der Waals surface area contributed by atoms with Crippen LogP contribution in [0.1, 0.15) is 39.3 Å². The van der Waals surface area contributed by atoms with E-state index in [0.29, 0.717) is 0 Å². The van der Waals surface area contributed by atoms with Crippen molar-refractivity contribution in [3.63, 3.8) is 0 Å². The van der Waals surface area contributed by atoms with Crippen LogP contribution in [0.15, 0.2) is 12.1 Å². The number of anilines is 1. The van der Waals surface area contributed by atoms with Gasteiger partial charge >= 0.3 is 0 Å². The molecule has 0 spiro atoms. The first-order valence-corrected chi connectivity index (χ1v) is 7.59. The van der Waals surface area contributed by atoms with Crippen LogP contribution in [-0.2, 0) is 10.2 Å². The summed E-state index contributed by atoms with van der Waals surface area (Å²) in [6.07, 6.45) is 1.98. The molecule has 0 N–H and O–H groups in total. The van der Waals surface area contributed by atoms with Gasteiger partial charge in [0, 0.05) is 32.6 Å². The predicted octanol–water partition coefficient (Wildman–Crippen LogP) is 2.08. The zero-order valence-corrected chi connectivity index (χ0v) is 13.8. The molecule has 5 heteroatoms. The summed E-state index contributed by atoms with van der Waals surface area (Å²) in [6, 6.07) is 4.07. The smallest absolute Gasteiger partial charge is 0.226 e. The van der Waals surface area contributed by atoms with Crippen molar-refractivity contribution in [1.82, 2.24) is 15.1 Å². The molecule has 0 bridgehead atoms. The highest BCUT2D eigenvalue weighted by Gasteiger charge is 2.28. The van der Waals surface area contributed by atoms with E-state index in [1.54, 1.807) is 4.90 Å². The molecule has 1 aromatic heterocycles. The van der Waals surface area contributed by atoms with Gasteiger partial charge < -0.3 is 9.80 Å². The molecular weight excluding hydrogens is 264 g/mol. The monoisotopic (exact) mass is 290 g/mol. The normalized spacial score (nSPS) is 19.5. The summed E-state index contributed by atoms with van der Waals surface area (Å²) in [7, 11) is 3.64. The SMILES string of the molecule is CN(C)C(=O)C1CCCN(c2ccc(C(C)(C)C)nn2)C1. The topological polar surface area (TPSA) is 49.3 Å². The summed E-state index contributed by atoms with van der Waals surface area (Å²) in [5, 5.41) is 8.70. The Labute approximate surface area is 127 Å². The summed E-state index contributed by atoms with van der Waals surface area (Å²) in [5.41, 5.74) is 1.00. The molecule has 21 heavy (non-hydrogen) atoms. The molecule has 1 amide bonds. The van der Waals surface area contributed by atoms with Crippen molar-refractivity contribution in [2.75, 3.05) is 32.1 Å². The lowest BCUT2D eigenvalue weighted by molar-refractivity contribution is -0.133. The number of piperidine rings is 1. The molecule has 2 rings (SSSR count). The van der Waals surface area contributed by atoms with Crippen molar-refractivity contribution in [1.29, 1.82) is 0 Å². The minimum Gasteiger partial charge on any atom is -0.354 e. The largest absolute Gasteiger partial charge is 0.354 e. The maximum atomic E-state index is 12.1. The maximum Gasteiger partial charge on any atom is 0.226 e. The van der Waals surface area contributed by atoms with Gasteiger partial charge in [-0.2, -0.15) is 5.10 Å². The van der Waals surface area contributed by atoms with Crippen molar-refractivity contribution >= 4 is 11.7 Å². The lowest BCUT2D eigenvalue weighted by Crippen LogP contribution is -2.43. The van der Waals surface area contributed by atoms with Crippen LogP contribution in [0.5, 0.6) is 0 Å². The van der Waals surface area contributed by atoms with Crippen LogP contribution in [0.2, 0.25) is 0 Å². The van der Waals surface area contributed by atoms with Gasteiger partial charge in [0.1, 0.15) is 0 Å². The van der Waals surface area contributed by atoms with Gasteiger partial charge in [-0.05, 0) is 25.0 Å². The average molecular weight is 290 g/mol. The van der Waals surface area contributed by atoms with Crippen LogP contribution >= 0.6 is 0 Å². The Hall–Kier alpha value is -1.65. The van der Waals surface area contributed by atoms with Gasteiger partial charge in [0.2, 0.25) is 5.91 Å². The van der Waals surface area contributed by atoms with E-state index in [0.717, 1.165) is 37.4 Å². The number of nitrogens with zero attached hydrogens (tertiary/aromatic N) is 4. The number of hydrogen-bond acceptors (Lipinski definition) is 4. The first kappa shape index (κ1) is 15.7. The van der Waals surface area contributed by atoms with Crippen LogP contribution < -0.4 is 4.90 Å². The highest BCUT2D eigenvalue weighted by atomic mass is 16.2. The molecule has 1 aromatic rings. The Morgan fingerprint density at radius 2 is 2.00 bits per heavy atom. The van der Waals surface area contributed by atoms with Gasteiger partial charge in [-0.1, -0.05) is 20.8 Å². The fourth-order valence-corrected chi connectivity index (χ4v) is 2.65.